The van der Waals surface area contributed by atoms with Crippen LogP contribution in [0.15, 0.2) is 75.9 Å². The summed E-state index contributed by atoms with van der Waals surface area (Å²) in [6.45, 7) is 6.54. The first kappa shape index (κ1) is 25.2. The molecular formula is C28H25F3O5. The number of hydrogen-bond acceptors (Lipinski definition) is 5. The molecule has 8 heteroatoms. The van der Waals surface area contributed by atoms with Gasteiger partial charge in [-0.3, -0.25) is 4.79 Å². The predicted octanol–water partition coefficient (Wildman–Crippen LogP) is 7.49. The largest absolute Gasteiger partial charge is 0.497 e. The Morgan fingerprint density at radius 2 is 1.44 bits per heavy atom. The molecule has 5 nitrogen and oxygen atoms in total. The van der Waals surface area contributed by atoms with E-state index in [4.69, 9.17) is 18.6 Å². The van der Waals surface area contributed by atoms with Gasteiger partial charge < -0.3 is 18.6 Å². The van der Waals surface area contributed by atoms with Gasteiger partial charge in [0.05, 0.1) is 12.5 Å². The number of fused-ring (bicyclic) bond motifs is 1. The highest BCUT2D eigenvalue weighted by atomic mass is 19.4. The minimum Gasteiger partial charge on any atom is -0.497 e. The maximum absolute atomic E-state index is 13.8. The normalized spacial score (nSPS) is 12.0. The highest BCUT2D eigenvalue weighted by Crippen LogP contribution is 2.39. The van der Waals surface area contributed by atoms with Gasteiger partial charge in [0.25, 0.3) is 5.76 Å². The molecule has 0 aliphatic heterocycles. The zero-order chi connectivity index (χ0) is 26.1. The van der Waals surface area contributed by atoms with Crippen LogP contribution in [0.25, 0.3) is 11.0 Å². The van der Waals surface area contributed by atoms with Crippen LogP contribution in [0.4, 0.5) is 13.2 Å². The van der Waals surface area contributed by atoms with Gasteiger partial charge in [0, 0.05) is 6.07 Å². The van der Waals surface area contributed by atoms with Crippen molar-refractivity contribution in [2.75, 3.05) is 7.11 Å². The molecule has 0 aliphatic carbocycles. The van der Waals surface area contributed by atoms with E-state index in [1.54, 1.807) is 0 Å². The minimum atomic E-state index is -4.96. The van der Waals surface area contributed by atoms with Crippen LogP contribution in [-0.4, -0.2) is 7.11 Å². The molecule has 0 atom stereocenters. The molecule has 0 saturated carbocycles. The van der Waals surface area contributed by atoms with E-state index in [0.29, 0.717) is 5.75 Å². The zero-order valence-corrected chi connectivity index (χ0v) is 20.2. The van der Waals surface area contributed by atoms with Crippen molar-refractivity contribution < 1.29 is 31.8 Å². The van der Waals surface area contributed by atoms with Gasteiger partial charge in [0.2, 0.25) is 11.2 Å². The fraction of sp³-hybridized carbons (Fsp3) is 0.250. The van der Waals surface area contributed by atoms with Crippen molar-refractivity contribution in [3.63, 3.8) is 0 Å². The molecule has 0 radical (unpaired) electrons. The van der Waals surface area contributed by atoms with E-state index in [1.165, 1.54) is 55.1 Å². The first-order valence-corrected chi connectivity index (χ1v) is 11.2. The molecule has 0 fully saturated rings. The molecule has 1 heterocycles. The van der Waals surface area contributed by atoms with Gasteiger partial charge in [-0.1, -0.05) is 45.0 Å². The lowest BCUT2D eigenvalue weighted by Crippen LogP contribution is -2.15. The first-order valence-electron chi connectivity index (χ1n) is 11.2. The summed E-state index contributed by atoms with van der Waals surface area (Å²) in [4.78, 5) is 13.0. The second-order valence-electron chi connectivity index (χ2n) is 9.26. The van der Waals surface area contributed by atoms with Crippen molar-refractivity contribution in [2.45, 2.75) is 39.0 Å². The van der Waals surface area contributed by atoms with Crippen LogP contribution < -0.4 is 19.6 Å². The highest BCUT2D eigenvalue weighted by Gasteiger charge is 2.40. The van der Waals surface area contributed by atoms with E-state index in [1.807, 2.05) is 24.3 Å². The molecule has 0 amide bonds. The maximum Gasteiger partial charge on any atom is 0.453 e. The van der Waals surface area contributed by atoms with Crippen molar-refractivity contribution in [1.29, 1.82) is 0 Å². The smallest absolute Gasteiger partial charge is 0.453 e. The van der Waals surface area contributed by atoms with Crippen molar-refractivity contribution in [1.82, 2.24) is 0 Å². The summed E-state index contributed by atoms with van der Waals surface area (Å²) < 4.78 is 62.7. The lowest BCUT2D eigenvalue weighted by atomic mass is 9.87. The van der Waals surface area contributed by atoms with Gasteiger partial charge in [0.15, 0.2) is 0 Å². The van der Waals surface area contributed by atoms with Crippen LogP contribution in [0.2, 0.25) is 0 Å². The van der Waals surface area contributed by atoms with Gasteiger partial charge in [0.1, 0.15) is 29.4 Å². The van der Waals surface area contributed by atoms with E-state index in [-0.39, 0.29) is 34.5 Å². The lowest BCUT2D eigenvalue weighted by molar-refractivity contribution is -0.154. The Labute approximate surface area is 206 Å². The number of benzene rings is 3. The van der Waals surface area contributed by atoms with Crippen LogP contribution in [0, 0.1) is 0 Å². The molecule has 0 bridgehead atoms. The third kappa shape index (κ3) is 5.48. The standard InChI is InChI=1S/C28H25F3O5/c1-27(2,3)18-7-5-17(6-8-18)16-34-21-13-14-22-23(15-21)36-26(28(29,30)31)25(24(22)32)35-20-11-9-19(33-4)10-12-20/h5-15H,16H2,1-4H3. The summed E-state index contributed by atoms with van der Waals surface area (Å²) in [5.74, 6) is -1.67. The summed E-state index contributed by atoms with van der Waals surface area (Å²) in [7, 11) is 1.45. The summed E-state index contributed by atoms with van der Waals surface area (Å²) in [6, 6.07) is 17.8. The lowest BCUT2D eigenvalue weighted by Gasteiger charge is -2.19. The number of methoxy groups -OCH3 is 1. The molecule has 36 heavy (non-hydrogen) atoms. The fourth-order valence-corrected chi connectivity index (χ4v) is 3.55. The van der Waals surface area contributed by atoms with E-state index in [2.05, 4.69) is 20.8 Å². The summed E-state index contributed by atoms with van der Waals surface area (Å²) in [5.41, 5.74) is 0.884. The number of ether oxygens (including phenoxy) is 3. The number of alkyl halides is 3. The quantitative estimate of drug-likeness (QED) is 0.276. The molecule has 1 aromatic heterocycles. The molecule has 0 unspecified atom stereocenters. The maximum atomic E-state index is 13.8. The molecular weight excluding hydrogens is 473 g/mol. The number of halogens is 3. The minimum absolute atomic E-state index is 0.0153. The van der Waals surface area contributed by atoms with E-state index >= 15 is 0 Å². The molecule has 4 aromatic rings. The second-order valence-corrected chi connectivity index (χ2v) is 9.26. The third-order valence-corrected chi connectivity index (χ3v) is 5.58. The summed E-state index contributed by atoms with van der Waals surface area (Å²) in [5, 5.41) is -0.0617. The Morgan fingerprint density at radius 1 is 0.833 bits per heavy atom. The van der Waals surface area contributed by atoms with Gasteiger partial charge in [-0.05, 0) is 52.9 Å². The average Bonchev–Trinajstić information content (AvgIpc) is 2.83. The van der Waals surface area contributed by atoms with Gasteiger partial charge >= 0.3 is 6.18 Å². The third-order valence-electron chi connectivity index (χ3n) is 5.58. The van der Waals surface area contributed by atoms with Gasteiger partial charge in [-0.2, -0.15) is 13.2 Å². The highest BCUT2D eigenvalue weighted by molar-refractivity contribution is 5.79. The number of hydrogen-bond donors (Lipinski definition) is 0. The van der Waals surface area contributed by atoms with Crippen molar-refractivity contribution in [2.24, 2.45) is 0 Å². The second kappa shape index (κ2) is 9.60. The molecule has 0 N–H and O–H groups in total. The van der Waals surface area contributed by atoms with Gasteiger partial charge in [-0.25, -0.2) is 0 Å². The first-order chi connectivity index (χ1) is 17.0. The zero-order valence-electron chi connectivity index (χ0n) is 20.2. The van der Waals surface area contributed by atoms with E-state index < -0.39 is 23.1 Å². The summed E-state index contributed by atoms with van der Waals surface area (Å²) in [6.07, 6.45) is -4.96. The SMILES string of the molecule is COc1ccc(Oc2c(C(F)(F)F)oc3cc(OCc4ccc(C(C)(C)C)cc4)ccc3c2=O)cc1. The molecule has 188 valence electrons. The van der Waals surface area contributed by atoms with E-state index in [9.17, 15) is 18.0 Å². The Bertz CT molecular complexity index is 1410. The Morgan fingerprint density at radius 3 is 2.03 bits per heavy atom. The van der Waals surface area contributed by atoms with Crippen LogP contribution in [0.5, 0.6) is 23.0 Å². The van der Waals surface area contributed by atoms with Crippen LogP contribution in [0.3, 0.4) is 0 Å². The molecule has 4 rings (SSSR count). The van der Waals surface area contributed by atoms with Crippen molar-refractivity contribution in [3.05, 3.63) is 93.8 Å². The monoisotopic (exact) mass is 498 g/mol. The molecule has 0 aliphatic rings. The molecule has 0 spiro atoms. The van der Waals surface area contributed by atoms with Crippen molar-refractivity contribution >= 4 is 11.0 Å². The molecule has 3 aromatic carbocycles. The van der Waals surface area contributed by atoms with Crippen LogP contribution >= 0.6 is 0 Å². The van der Waals surface area contributed by atoms with E-state index in [0.717, 1.165) is 5.56 Å². The topological polar surface area (TPSA) is 57.9 Å². The van der Waals surface area contributed by atoms with Gasteiger partial charge in [-0.15, -0.1) is 0 Å². The Balaban J connectivity index is 1.63. The number of rotatable bonds is 6. The Kier molecular flexibility index (Phi) is 6.71. The molecule has 0 saturated heterocycles. The predicted molar refractivity (Wildman–Crippen MR) is 130 cm³/mol. The van der Waals surface area contributed by atoms with Crippen LogP contribution in [-0.2, 0) is 18.2 Å². The Hall–Kier alpha value is -3.94. The summed E-state index contributed by atoms with van der Waals surface area (Å²) >= 11 is 0. The average molecular weight is 498 g/mol. The van der Waals surface area contributed by atoms with Crippen LogP contribution in [0.1, 0.15) is 37.7 Å². The fourth-order valence-electron chi connectivity index (χ4n) is 3.55. The van der Waals surface area contributed by atoms with Crippen molar-refractivity contribution in [3.8, 4) is 23.0 Å².